The van der Waals surface area contributed by atoms with Gasteiger partial charge in [-0.05, 0) is 66.9 Å². The zero-order valence-corrected chi connectivity index (χ0v) is 20.0. The summed E-state index contributed by atoms with van der Waals surface area (Å²) in [5.74, 6) is 0.830. The topological polar surface area (TPSA) is 84.9 Å². The molecule has 3 aromatic carbocycles. The minimum absolute atomic E-state index is 0.123. The second kappa shape index (κ2) is 10.5. The van der Waals surface area contributed by atoms with Crippen molar-refractivity contribution in [2.75, 3.05) is 26.0 Å². The van der Waals surface area contributed by atoms with Gasteiger partial charge in [0.25, 0.3) is 5.91 Å². The smallest absolute Gasteiger partial charge is 0.262 e. The number of sulfonamides is 1. The molecule has 0 aliphatic rings. The molecule has 0 saturated heterocycles. The van der Waals surface area contributed by atoms with Crippen molar-refractivity contribution in [2.24, 2.45) is 0 Å². The number of anilines is 1. The number of aryl methyl sites for hydroxylation is 1. The molecule has 33 heavy (non-hydrogen) atoms. The van der Waals surface area contributed by atoms with Gasteiger partial charge in [-0.2, -0.15) is 0 Å². The number of carbonyl (C=O) groups is 1. The van der Waals surface area contributed by atoms with Crippen molar-refractivity contribution in [1.29, 1.82) is 0 Å². The molecule has 1 amide bonds. The van der Waals surface area contributed by atoms with E-state index in [9.17, 15) is 13.2 Å². The van der Waals surface area contributed by atoms with Crippen molar-refractivity contribution < 1.29 is 22.7 Å². The Labute approximate surface area is 195 Å². The maximum absolute atomic E-state index is 12.5. The third-order valence-electron chi connectivity index (χ3n) is 5.14. The average Bonchev–Trinajstić information content (AvgIpc) is 2.80. The number of rotatable bonds is 9. The highest BCUT2D eigenvalue weighted by Gasteiger charge is 2.20. The number of carbonyl (C=O) groups excluding carboxylic acids is 1. The molecule has 0 saturated carbocycles. The van der Waals surface area contributed by atoms with Crippen LogP contribution < -0.4 is 14.8 Å². The van der Waals surface area contributed by atoms with Crippen LogP contribution in [0.4, 0.5) is 5.69 Å². The van der Waals surface area contributed by atoms with Gasteiger partial charge in [-0.3, -0.25) is 4.79 Å². The van der Waals surface area contributed by atoms with Crippen molar-refractivity contribution >= 4 is 21.6 Å². The quantitative estimate of drug-likeness (QED) is 0.510. The lowest BCUT2D eigenvalue weighted by molar-refractivity contribution is -0.118. The molecule has 0 aliphatic heterocycles. The number of nitrogens with one attached hydrogen (secondary N) is 1. The Kier molecular flexibility index (Phi) is 7.73. The van der Waals surface area contributed by atoms with E-state index in [1.54, 1.807) is 37.3 Å². The summed E-state index contributed by atoms with van der Waals surface area (Å²) in [5, 5.41) is 2.75. The highest BCUT2D eigenvalue weighted by Crippen LogP contribution is 2.26. The van der Waals surface area contributed by atoms with Gasteiger partial charge in [0.2, 0.25) is 10.0 Å². The van der Waals surface area contributed by atoms with Crippen molar-refractivity contribution in [1.82, 2.24) is 4.31 Å². The summed E-state index contributed by atoms with van der Waals surface area (Å²) in [6.45, 7) is 3.88. The molecule has 174 valence electrons. The summed E-state index contributed by atoms with van der Waals surface area (Å²) in [5.41, 5.74) is 3.07. The predicted molar refractivity (Wildman–Crippen MR) is 128 cm³/mol. The molecule has 3 aromatic rings. The van der Waals surface area contributed by atoms with Crippen LogP contribution in [0.5, 0.6) is 11.5 Å². The average molecular weight is 469 g/mol. The van der Waals surface area contributed by atoms with Gasteiger partial charge in [0.05, 0.1) is 4.90 Å². The zero-order valence-electron chi connectivity index (χ0n) is 19.2. The second-order valence-corrected chi connectivity index (χ2v) is 9.93. The summed E-state index contributed by atoms with van der Waals surface area (Å²) < 4.78 is 37.4. The summed E-state index contributed by atoms with van der Waals surface area (Å²) in [4.78, 5) is 12.6. The summed E-state index contributed by atoms with van der Waals surface area (Å²) in [6, 6.07) is 19.9. The van der Waals surface area contributed by atoms with E-state index < -0.39 is 10.0 Å². The van der Waals surface area contributed by atoms with Crippen LogP contribution in [0, 0.1) is 13.8 Å². The number of nitrogens with zero attached hydrogens (tertiary/aromatic N) is 1. The fourth-order valence-electron chi connectivity index (χ4n) is 3.02. The Balaban J connectivity index is 1.58. The number of ether oxygens (including phenoxy) is 2. The monoisotopic (exact) mass is 468 g/mol. The SMILES string of the molecule is Cc1cc(S(=O)(=O)N(C)C)cc(NC(=O)COc2ccc(OCc3ccccc3)cc2)c1C. The first kappa shape index (κ1) is 24.3. The maximum atomic E-state index is 12.5. The van der Waals surface area contributed by atoms with E-state index in [0.717, 1.165) is 21.0 Å². The van der Waals surface area contributed by atoms with Crippen LogP contribution in [0.1, 0.15) is 16.7 Å². The molecule has 0 spiro atoms. The molecular formula is C25H28N2O5S. The van der Waals surface area contributed by atoms with Gasteiger partial charge in [0.15, 0.2) is 6.61 Å². The molecule has 0 fully saturated rings. The number of benzene rings is 3. The molecule has 0 unspecified atom stereocenters. The van der Waals surface area contributed by atoms with E-state index in [1.165, 1.54) is 20.2 Å². The van der Waals surface area contributed by atoms with Gasteiger partial charge in [0.1, 0.15) is 18.1 Å². The number of amides is 1. The molecule has 1 N–H and O–H groups in total. The largest absolute Gasteiger partial charge is 0.489 e. The molecule has 0 radical (unpaired) electrons. The van der Waals surface area contributed by atoms with Gasteiger partial charge < -0.3 is 14.8 Å². The molecule has 0 aromatic heterocycles. The Morgan fingerprint density at radius 1 is 0.909 bits per heavy atom. The maximum Gasteiger partial charge on any atom is 0.262 e. The minimum atomic E-state index is -3.62. The van der Waals surface area contributed by atoms with Gasteiger partial charge in [-0.25, -0.2) is 12.7 Å². The molecule has 0 atom stereocenters. The van der Waals surface area contributed by atoms with Crippen molar-refractivity contribution in [3.05, 3.63) is 83.4 Å². The molecule has 8 heteroatoms. The third kappa shape index (κ3) is 6.34. The molecule has 3 rings (SSSR count). The summed E-state index contributed by atoms with van der Waals surface area (Å²) in [6.07, 6.45) is 0. The van der Waals surface area contributed by atoms with Gasteiger partial charge >= 0.3 is 0 Å². The van der Waals surface area contributed by atoms with Crippen molar-refractivity contribution in [3.63, 3.8) is 0 Å². The van der Waals surface area contributed by atoms with Crippen LogP contribution in [0.25, 0.3) is 0 Å². The minimum Gasteiger partial charge on any atom is -0.489 e. The van der Waals surface area contributed by atoms with Crippen LogP contribution >= 0.6 is 0 Å². The third-order valence-corrected chi connectivity index (χ3v) is 6.93. The van der Waals surface area contributed by atoms with Crippen LogP contribution in [0.3, 0.4) is 0 Å². The lowest BCUT2D eigenvalue weighted by Crippen LogP contribution is -2.24. The first-order chi connectivity index (χ1) is 15.7. The number of hydrogen-bond donors (Lipinski definition) is 1. The van der Waals surface area contributed by atoms with Crippen LogP contribution in [0.2, 0.25) is 0 Å². The molecule has 7 nitrogen and oxygen atoms in total. The van der Waals surface area contributed by atoms with Crippen LogP contribution in [-0.2, 0) is 21.4 Å². The van der Waals surface area contributed by atoms with E-state index in [-0.39, 0.29) is 17.4 Å². The lowest BCUT2D eigenvalue weighted by Gasteiger charge is -2.16. The van der Waals surface area contributed by atoms with E-state index >= 15 is 0 Å². The van der Waals surface area contributed by atoms with E-state index in [0.29, 0.717) is 23.8 Å². The predicted octanol–water partition coefficient (Wildman–Crippen LogP) is 4.15. The van der Waals surface area contributed by atoms with Gasteiger partial charge in [0, 0.05) is 19.8 Å². The second-order valence-electron chi connectivity index (χ2n) is 7.78. The molecule has 0 bridgehead atoms. The van der Waals surface area contributed by atoms with Crippen molar-refractivity contribution in [3.8, 4) is 11.5 Å². The van der Waals surface area contributed by atoms with Crippen LogP contribution in [-0.4, -0.2) is 39.3 Å². The zero-order chi connectivity index (χ0) is 24.0. The molecular weight excluding hydrogens is 440 g/mol. The Bertz CT molecular complexity index is 1210. The fourth-order valence-corrected chi connectivity index (χ4v) is 4.04. The molecule has 0 heterocycles. The Morgan fingerprint density at radius 2 is 1.52 bits per heavy atom. The lowest BCUT2D eigenvalue weighted by atomic mass is 10.1. The van der Waals surface area contributed by atoms with Crippen molar-refractivity contribution in [2.45, 2.75) is 25.3 Å². The van der Waals surface area contributed by atoms with Gasteiger partial charge in [-0.1, -0.05) is 30.3 Å². The van der Waals surface area contributed by atoms with Gasteiger partial charge in [-0.15, -0.1) is 0 Å². The highest BCUT2D eigenvalue weighted by molar-refractivity contribution is 7.89. The molecule has 0 aliphatic carbocycles. The summed E-state index contributed by atoms with van der Waals surface area (Å²) >= 11 is 0. The van der Waals surface area contributed by atoms with Crippen LogP contribution in [0.15, 0.2) is 71.6 Å². The highest BCUT2D eigenvalue weighted by atomic mass is 32.2. The Morgan fingerprint density at radius 3 is 2.12 bits per heavy atom. The summed E-state index contributed by atoms with van der Waals surface area (Å²) in [7, 11) is -0.684. The normalized spacial score (nSPS) is 11.3. The fraction of sp³-hybridized carbons (Fsp3) is 0.240. The van der Waals surface area contributed by atoms with E-state index in [1.807, 2.05) is 37.3 Å². The standard InChI is InChI=1S/C25H28N2O5S/c1-18-14-23(33(29,30)27(3)4)15-24(19(18)2)26-25(28)17-32-22-12-10-21(11-13-22)31-16-20-8-6-5-7-9-20/h5-15H,16-17H2,1-4H3,(H,26,28). The van der Waals surface area contributed by atoms with E-state index in [4.69, 9.17) is 9.47 Å². The first-order valence-corrected chi connectivity index (χ1v) is 11.8. The number of hydrogen-bond acceptors (Lipinski definition) is 5. The first-order valence-electron chi connectivity index (χ1n) is 10.4. The Hall–Kier alpha value is -3.36. The van der Waals surface area contributed by atoms with E-state index in [2.05, 4.69) is 5.32 Å².